The maximum absolute atomic E-state index is 13.6. The van der Waals surface area contributed by atoms with Crippen molar-refractivity contribution in [3.05, 3.63) is 77.1 Å². The maximum Gasteiger partial charge on any atom is 0.258 e. The number of thiocarbonyl (C=S) groups is 1. The Hall–Kier alpha value is -3.06. The molecule has 2 heterocycles. The van der Waals surface area contributed by atoms with Crippen LogP contribution in [-0.4, -0.2) is 26.7 Å². The number of allylic oxidation sites excluding steroid dienone is 1. The van der Waals surface area contributed by atoms with Gasteiger partial charge in [-0.2, -0.15) is 4.98 Å². The molecule has 5 nitrogen and oxygen atoms in total. The molecule has 166 valence electrons. The number of hydrogen-bond donors (Lipinski definition) is 1. The van der Waals surface area contributed by atoms with Crippen LogP contribution in [0.2, 0.25) is 0 Å². The van der Waals surface area contributed by atoms with Gasteiger partial charge in [0.15, 0.2) is 5.11 Å². The predicted molar refractivity (Wildman–Crippen MR) is 128 cm³/mol. The third-order valence-electron chi connectivity index (χ3n) is 5.62. The molecule has 0 radical (unpaired) electrons. The molecule has 1 aromatic heterocycles. The average molecular weight is 451 g/mol. The van der Waals surface area contributed by atoms with E-state index in [4.69, 9.17) is 21.7 Å². The third-order valence-corrected chi connectivity index (χ3v) is 5.96. The molecule has 1 aliphatic heterocycles. The number of hydrogen-bond acceptors (Lipinski definition) is 4. The highest BCUT2D eigenvalue weighted by Gasteiger charge is 2.34. The van der Waals surface area contributed by atoms with Crippen molar-refractivity contribution in [1.82, 2.24) is 20.4 Å². The van der Waals surface area contributed by atoms with Gasteiger partial charge in [-0.05, 0) is 54.7 Å². The maximum atomic E-state index is 13.6. The van der Waals surface area contributed by atoms with Crippen molar-refractivity contribution >= 4 is 22.9 Å². The van der Waals surface area contributed by atoms with Crippen molar-refractivity contribution in [1.29, 1.82) is 0 Å². The molecule has 7 heteroatoms. The van der Waals surface area contributed by atoms with Gasteiger partial charge >= 0.3 is 0 Å². The van der Waals surface area contributed by atoms with Crippen LogP contribution in [0.3, 0.4) is 0 Å². The zero-order valence-corrected chi connectivity index (χ0v) is 19.5. The lowest BCUT2D eigenvalue weighted by atomic mass is 9.94. The number of nitrogens with one attached hydrogen (secondary N) is 1. The number of nitrogens with zero attached hydrogens (tertiary/aromatic N) is 3. The summed E-state index contributed by atoms with van der Waals surface area (Å²) in [4.78, 5) is 6.79. The van der Waals surface area contributed by atoms with Crippen LogP contribution in [0.5, 0.6) is 0 Å². The number of benzene rings is 2. The lowest BCUT2D eigenvalue weighted by molar-refractivity contribution is 0.386. The first-order valence-corrected chi connectivity index (χ1v) is 11.3. The lowest BCUT2D eigenvalue weighted by Gasteiger charge is -2.38. The van der Waals surface area contributed by atoms with E-state index in [1.54, 1.807) is 12.1 Å². The van der Waals surface area contributed by atoms with Gasteiger partial charge < -0.3 is 14.7 Å². The minimum Gasteiger partial charge on any atom is -0.351 e. The number of rotatable bonds is 6. The van der Waals surface area contributed by atoms with Crippen LogP contribution < -0.4 is 5.32 Å². The smallest absolute Gasteiger partial charge is 0.258 e. The van der Waals surface area contributed by atoms with Crippen molar-refractivity contribution in [3.63, 3.8) is 0 Å². The highest BCUT2D eigenvalue weighted by Crippen LogP contribution is 2.37. The van der Waals surface area contributed by atoms with E-state index >= 15 is 0 Å². The summed E-state index contributed by atoms with van der Waals surface area (Å²) < 4.78 is 19.3. The molecule has 0 amide bonds. The Morgan fingerprint density at radius 1 is 1.12 bits per heavy atom. The summed E-state index contributed by atoms with van der Waals surface area (Å²) in [5.74, 6) is 1.08. The molecule has 4 rings (SSSR count). The van der Waals surface area contributed by atoms with Gasteiger partial charge in [-0.1, -0.05) is 62.3 Å². The van der Waals surface area contributed by atoms with Crippen LogP contribution in [0.15, 0.2) is 58.8 Å². The zero-order valence-electron chi connectivity index (χ0n) is 18.7. The predicted octanol–water partition coefficient (Wildman–Crippen LogP) is 5.76. The van der Waals surface area contributed by atoms with Gasteiger partial charge in [0, 0.05) is 17.8 Å². The van der Waals surface area contributed by atoms with Gasteiger partial charge in [0.1, 0.15) is 5.82 Å². The van der Waals surface area contributed by atoms with Crippen molar-refractivity contribution < 1.29 is 8.91 Å². The first kappa shape index (κ1) is 22.1. The van der Waals surface area contributed by atoms with E-state index in [1.807, 2.05) is 19.1 Å². The second-order valence-corrected chi connectivity index (χ2v) is 8.80. The molecule has 1 atom stereocenters. The van der Waals surface area contributed by atoms with Crippen LogP contribution >= 0.6 is 12.2 Å². The lowest BCUT2D eigenvalue weighted by Crippen LogP contribution is -2.47. The molecule has 1 unspecified atom stereocenters. The molecular formula is C25H27FN4OS. The van der Waals surface area contributed by atoms with Crippen molar-refractivity contribution in [2.24, 2.45) is 5.92 Å². The Morgan fingerprint density at radius 3 is 2.44 bits per heavy atom. The third kappa shape index (κ3) is 4.43. The molecule has 0 saturated carbocycles. The van der Waals surface area contributed by atoms with E-state index in [0.29, 0.717) is 22.7 Å². The normalized spacial score (nSPS) is 16.6. The zero-order chi connectivity index (χ0) is 22.8. The Morgan fingerprint density at radius 2 is 1.81 bits per heavy atom. The quantitative estimate of drug-likeness (QED) is 0.482. The molecule has 32 heavy (non-hydrogen) atoms. The summed E-state index contributed by atoms with van der Waals surface area (Å²) >= 11 is 5.67. The summed E-state index contributed by atoms with van der Waals surface area (Å²) in [6.45, 7) is 9.19. The molecule has 1 aliphatic rings. The summed E-state index contributed by atoms with van der Waals surface area (Å²) in [6, 6.07) is 14.2. The SMILES string of the molecule is CCc1ccc(-c2noc(C3=C(C)N(CC(C)C)C(=S)NC3c3ccc(F)cc3)n2)cc1. The van der Waals surface area contributed by atoms with Crippen LogP contribution in [0, 0.1) is 11.7 Å². The Labute approximate surface area is 193 Å². The fraction of sp³-hybridized carbons (Fsp3) is 0.320. The van der Waals surface area contributed by atoms with Gasteiger partial charge in [0.2, 0.25) is 5.82 Å². The van der Waals surface area contributed by atoms with Crippen molar-refractivity contribution in [3.8, 4) is 11.4 Å². The molecule has 0 aliphatic carbocycles. The van der Waals surface area contributed by atoms with Gasteiger partial charge in [0.25, 0.3) is 5.89 Å². The molecular weight excluding hydrogens is 423 g/mol. The minimum absolute atomic E-state index is 0.286. The van der Waals surface area contributed by atoms with E-state index in [2.05, 4.69) is 48.3 Å². The molecule has 2 aromatic carbocycles. The first-order chi connectivity index (χ1) is 15.4. The summed E-state index contributed by atoms with van der Waals surface area (Å²) in [5, 5.41) is 8.27. The summed E-state index contributed by atoms with van der Waals surface area (Å²) in [7, 11) is 0. The average Bonchev–Trinajstić information content (AvgIpc) is 3.26. The standard InChI is InChI=1S/C25H27FN4OS/c1-5-17-6-8-19(9-7-17)23-28-24(31-29-23)21-16(4)30(14-15(2)3)25(32)27-22(21)18-10-12-20(26)13-11-18/h6-13,15,22H,5,14H2,1-4H3,(H,27,32). The molecule has 0 spiro atoms. The largest absolute Gasteiger partial charge is 0.351 e. The van der Waals surface area contributed by atoms with E-state index in [1.165, 1.54) is 17.7 Å². The van der Waals surface area contributed by atoms with Crippen LogP contribution in [0.4, 0.5) is 4.39 Å². The minimum atomic E-state index is -0.317. The summed E-state index contributed by atoms with van der Waals surface area (Å²) in [6.07, 6.45) is 0.973. The summed E-state index contributed by atoms with van der Waals surface area (Å²) in [5.41, 5.74) is 4.82. The highest BCUT2D eigenvalue weighted by atomic mass is 32.1. The van der Waals surface area contributed by atoms with E-state index in [0.717, 1.165) is 35.4 Å². The van der Waals surface area contributed by atoms with Gasteiger partial charge in [-0.15, -0.1) is 0 Å². The van der Waals surface area contributed by atoms with Gasteiger partial charge in [0.05, 0.1) is 11.6 Å². The molecule has 1 N–H and O–H groups in total. The first-order valence-electron chi connectivity index (χ1n) is 10.8. The molecule has 3 aromatic rings. The number of halogens is 1. The topological polar surface area (TPSA) is 54.2 Å². The Kier molecular flexibility index (Phi) is 6.37. The second-order valence-electron chi connectivity index (χ2n) is 8.41. The van der Waals surface area contributed by atoms with E-state index in [-0.39, 0.29) is 11.9 Å². The number of aromatic nitrogens is 2. The highest BCUT2D eigenvalue weighted by molar-refractivity contribution is 7.80. The van der Waals surface area contributed by atoms with Crippen LogP contribution in [-0.2, 0) is 6.42 Å². The fourth-order valence-electron chi connectivity index (χ4n) is 3.89. The second kappa shape index (κ2) is 9.20. The fourth-order valence-corrected chi connectivity index (χ4v) is 4.22. The van der Waals surface area contributed by atoms with Crippen LogP contribution in [0.1, 0.15) is 50.8 Å². The van der Waals surface area contributed by atoms with Crippen LogP contribution in [0.25, 0.3) is 17.0 Å². The Balaban J connectivity index is 1.78. The van der Waals surface area contributed by atoms with Crippen molar-refractivity contribution in [2.75, 3.05) is 6.54 Å². The van der Waals surface area contributed by atoms with Gasteiger partial charge in [-0.25, -0.2) is 4.39 Å². The van der Waals surface area contributed by atoms with Crippen molar-refractivity contribution in [2.45, 2.75) is 40.2 Å². The molecule has 0 bridgehead atoms. The monoisotopic (exact) mass is 450 g/mol. The Bertz CT molecular complexity index is 1140. The molecule has 0 fully saturated rings. The van der Waals surface area contributed by atoms with Gasteiger partial charge in [-0.3, -0.25) is 0 Å². The van der Waals surface area contributed by atoms with E-state index in [9.17, 15) is 4.39 Å². The molecule has 0 saturated heterocycles. The van der Waals surface area contributed by atoms with E-state index < -0.39 is 0 Å². The number of aryl methyl sites for hydroxylation is 1.